The van der Waals surface area contributed by atoms with Gasteiger partial charge in [0, 0.05) is 37.2 Å². The summed E-state index contributed by atoms with van der Waals surface area (Å²) in [6.45, 7) is 9.90. The van der Waals surface area contributed by atoms with E-state index in [9.17, 15) is 14.0 Å². The summed E-state index contributed by atoms with van der Waals surface area (Å²) < 4.78 is 24.5. The second kappa shape index (κ2) is 10.9. The van der Waals surface area contributed by atoms with Crippen LogP contribution in [0.1, 0.15) is 50.2 Å². The Morgan fingerprint density at radius 1 is 1.35 bits per heavy atom. The van der Waals surface area contributed by atoms with Crippen molar-refractivity contribution in [3.05, 3.63) is 35.8 Å². The fourth-order valence-electron chi connectivity index (χ4n) is 3.55. The Balaban J connectivity index is 1.60. The highest BCUT2D eigenvalue weighted by Gasteiger charge is 2.26. The summed E-state index contributed by atoms with van der Waals surface area (Å²) >= 11 is 0. The Morgan fingerprint density at radius 2 is 2.12 bits per heavy atom. The largest absolute Gasteiger partial charge is 0.444 e. The van der Waals surface area contributed by atoms with Crippen molar-refractivity contribution in [2.75, 3.05) is 25.1 Å². The molecule has 2 aromatic rings. The summed E-state index contributed by atoms with van der Waals surface area (Å²) in [7, 11) is 0. The minimum Gasteiger partial charge on any atom is -0.444 e. The van der Waals surface area contributed by atoms with E-state index >= 15 is 0 Å². The molecule has 0 bridgehead atoms. The van der Waals surface area contributed by atoms with Crippen LogP contribution in [0.3, 0.4) is 0 Å². The van der Waals surface area contributed by atoms with Crippen LogP contribution < -0.4 is 16.0 Å². The zero-order valence-corrected chi connectivity index (χ0v) is 20.3. The lowest BCUT2D eigenvalue weighted by Gasteiger charge is -2.27. The molecule has 0 radical (unpaired) electrons. The van der Waals surface area contributed by atoms with Crippen LogP contribution in [0, 0.1) is 6.92 Å². The van der Waals surface area contributed by atoms with Gasteiger partial charge in [0.15, 0.2) is 0 Å². The van der Waals surface area contributed by atoms with Crippen molar-refractivity contribution in [2.45, 2.75) is 64.9 Å². The zero-order valence-electron chi connectivity index (χ0n) is 20.3. The maximum absolute atomic E-state index is 14.1. The van der Waals surface area contributed by atoms with Gasteiger partial charge < -0.3 is 30.4 Å². The maximum Gasteiger partial charge on any atom is 0.407 e. The number of aryl methyl sites for hydroxylation is 1. The van der Waals surface area contributed by atoms with Gasteiger partial charge in [0.05, 0.1) is 12.6 Å². The highest BCUT2D eigenvalue weighted by Crippen LogP contribution is 2.27. The Bertz CT molecular complexity index is 1000. The van der Waals surface area contributed by atoms with Gasteiger partial charge >= 0.3 is 6.09 Å². The number of hydrogen-bond acceptors (Lipinski definition) is 6. The van der Waals surface area contributed by atoms with Crippen LogP contribution >= 0.6 is 0 Å². The quantitative estimate of drug-likeness (QED) is 0.486. The first-order chi connectivity index (χ1) is 16.0. The number of ether oxygens (including phenoxy) is 2. The molecule has 1 aliphatic rings. The number of pyridine rings is 1. The lowest BCUT2D eigenvalue weighted by atomic mass is 10.0. The van der Waals surface area contributed by atoms with Crippen LogP contribution in [0.2, 0.25) is 0 Å². The number of alkyl carbamates (subject to hydrolysis) is 1. The van der Waals surface area contributed by atoms with Gasteiger partial charge in [-0.15, -0.1) is 0 Å². The number of H-pyrrole nitrogens is 1. The number of aromatic nitrogens is 2. The van der Waals surface area contributed by atoms with Crippen molar-refractivity contribution < 1.29 is 23.5 Å². The normalized spacial score (nSPS) is 19.2. The first kappa shape index (κ1) is 25.5. The first-order valence-electron chi connectivity index (χ1n) is 11.4. The molecule has 1 fully saturated rings. The van der Waals surface area contributed by atoms with Gasteiger partial charge in [-0.05, 0) is 64.3 Å². The molecule has 186 valence electrons. The molecule has 2 amide bonds. The minimum atomic E-state index is -1.09. The predicted molar refractivity (Wildman–Crippen MR) is 128 cm³/mol. The third-order valence-electron chi connectivity index (χ3n) is 5.29. The summed E-state index contributed by atoms with van der Waals surface area (Å²) in [4.78, 5) is 31.8. The molecule has 2 aromatic heterocycles. The number of rotatable bonds is 7. The van der Waals surface area contributed by atoms with Gasteiger partial charge in [-0.2, -0.15) is 0 Å². The molecule has 1 aliphatic heterocycles. The highest BCUT2D eigenvalue weighted by molar-refractivity contribution is 5.94. The van der Waals surface area contributed by atoms with E-state index in [1.54, 1.807) is 46.2 Å². The fraction of sp³-hybridized carbons (Fsp3) is 0.542. The van der Waals surface area contributed by atoms with E-state index in [-0.39, 0.29) is 31.1 Å². The SMILES string of the molecule is Cc1cnc(N[C@H]2CCOC[C@@H]2F)cc1-c1c[nH]c(C(=O)N[C@@H](C)CNC(=O)OC(C)(C)C)c1. The molecule has 0 aliphatic carbocycles. The summed E-state index contributed by atoms with van der Waals surface area (Å²) in [6, 6.07) is 2.95. The number of carbonyl (C=O) groups is 2. The number of nitrogens with one attached hydrogen (secondary N) is 4. The highest BCUT2D eigenvalue weighted by atomic mass is 19.1. The second-order valence-electron chi connectivity index (χ2n) is 9.57. The number of anilines is 1. The van der Waals surface area contributed by atoms with Crippen molar-refractivity contribution in [1.82, 2.24) is 20.6 Å². The number of halogens is 1. The van der Waals surface area contributed by atoms with Gasteiger partial charge in [-0.25, -0.2) is 14.2 Å². The smallest absolute Gasteiger partial charge is 0.407 e. The number of hydrogen-bond donors (Lipinski definition) is 4. The van der Waals surface area contributed by atoms with E-state index in [4.69, 9.17) is 9.47 Å². The predicted octanol–water partition coefficient (Wildman–Crippen LogP) is 3.57. The van der Waals surface area contributed by atoms with E-state index < -0.39 is 17.9 Å². The second-order valence-corrected chi connectivity index (χ2v) is 9.57. The number of carbonyl (C=O) groups excluding carboxylic acids is 2. The molecule has 9 nitrogen and oxygen atoms in total. The molecular formula is C24H34FN5O4. The van der Waals surface area contributed by atoms with Crippen LogP contribution in [0.25, 0.3) is 11.1 Å². The third kappa shape index (κ3) is 7.18. The average Bonchev–Trinajstić information content (AvgIpc) is 3.24. The van der Waals surface area contributed by atoms with Crippen molar-refractivity contribution in [3.63, 3.8) is 0 Å². The van der Waals surface area contributed by atoms with E-state index in [1.807, 2.05) is 13.0 Å². The van der Waals surface area contributed by atoms with E-state index in [0.29, 0.717) is 24.5 Å². The van der Waals surface area contributed by atoms with Gasteiger partial charge in [0.1, 0.15) is 23.3 Å². The minimum absolute atomic E-state index is 0.0817. The maximum atomic E-state index is 14.1. The molecule has 10 heteroatoms. The van der Waals surface area contributed by atoms with Gasteiger partial charge in [-0.1, -0.05) is 0 Å². The Hall–Kier alpha value is -3.14. The number of nitrogens with zero attached hydrogens (tertiary/aromatic N) is 1. The summed E-state index contributed by atoms with van der Waals surface area (Å²) in [5.74, 6) is 0.279. The number of aromatic amines is 1. The molecule has 4 N–H and O–H groups in total. The molecule has 0 spiro atoms. The fourth-order valence-corrected chi connectivity index (χ4v) is 3.55. The summed E-state index contributed by atoms with van der Waals surface area (Å²) in [5.41, 5.74) is 2.43. The Morgan fingerprint density at radius 3 is 2.82 bits per heavy atom. The average molecular weight is 476 g/mol. The number of amides is 2. The van der Waals surface area contributed by atoms with Crippen LogP contribution in [0.5, 0.6) is 0 Å². The van der Waals surface area contributed by atoms with Crippen molar-refractivity contribution in [2.24, 2.45) is 0 Å². The van der Waals surface area contributed by atoms with E-state index in [1.165, 1.54) is 0 Å². The van der Waals surface area contributed by atoms with Crippen molar-refractivity contribution >= 4 is 17.8 Å². The third-order valence-corrected chi connectivity index (χ3v) is 5.29. The lowest BCUT2D eigenvalue weighted by Crippen LogP contribution is -2.43. The summed E-state index contributed by atoms with van der Waals surface area (Å²) in [6.07, 6.45) is 2.42. The first-order valence-corrected chi connectivity index (χ1v) is 11.4. The topological polar surface area (TPSA) is 117 Å². The molecule has 34 heavy (non-hydrogen) atoms. The van der Waals surface area contributed by atoms with Crippen molar-refractivity contribution in [1.29, 1.82) is 0 Å². The molecular weight excluding hydrogens is 441 g/mol. The standard InChI is InChI=1S/C24H34FN5O4/c1-14-10-27-21(30-19-6-7-33-13-18(19)25)9-17(14)16-8-20(26-12-16)22(31)29-15(2)11-28-23(32)34-24(3,4)5/h8-10,12,15,18-19,26H,6-7,11,13H2,1-5H3,(H,27,30)(H,28,32)(H,29,31)/t15-,18-,19-/m0/s1. The molecule has 1 saturated heterocycles. The van der Waals surface area contributed by atoms with Crippen LogP contribution in [-0.2, 0) is 9.47 Å². The van der Waals surface area contributed by atoms with Gasteiger partial charge in [0.2, 0.25) is 0 Å². The monoisotopic (exact) mass is 475 g/mol. The Labute approximate surface area is 199 Å². The lowest BCUT2D eigenvalue weighted by molar-refractivity contribution is 0.0285. The zero-order chi connectivity index (χ0) is 24.9. The van der Waals surface area contributed by atoms with E-state index in [2.05, 4.69) is 25.9 Å². The molecule has 0 saturated carbocycles. The molecule has 0 unspecified atom stereocenters. The summed E-state index contributed by atoms with van der Waals surface area (Å²) in [5, 5.41) is 8.65. The van der Waals surface area contributed by atoms with E-state index in [0.717, 1.165) is 16.7 Å². The molecule has 3 atom stereocenters. The molecule has 3 rings (SSSR count). The number of alkyl halides is 1. The molecule has 3 heterocycles. The Kier molecular flexibility index (Phi) is 8.14. The van der Waals surface area contributed by atoms with Crippen LogP contribution in [-0.4, -0.2) is 65.6 Å². The van der Waals surface area contributed by atoms with Gasteiger partial charge in [-0.3, -0.25) is 4.79 Å². The molecule has 0 aromatic carbocycles. The van der Waals surface area contributed by atoms with Gasteiger partial charge in [0.25, 0.3) is 5.91 Å². The van der Waals surface area contributed by atoms with Crippen LogP contribution in [0.4, 0.5) is 15.0 Å². The van der Waals surface area contributed by atoms with Crippen LogP contribution in [0.15, 0.2) is 24.5 Å². The van der Waals surface area contributed by atoms with Crippen molar-refractivity contribution in [3.8, 4) is 11.1 Å².